The largest absolute Gasteiger partial charge is 0.490 e. The molecule has 2 aromatic carbocycles. The van der Waals surface area contributed by atoms with Gasteiger partial charge in [-0.1, -0.05) is 12.1 Å². The molecule has 0 amide bonds. The van der Waals surface area contributed by atoms with Gasteiger partial charge in [0.1, 0.15) is 11.6 Å². The number of alkyl halides is 3. The molecule has 3 heterocycles. The van der Waals surface area contributed by atoms with Crippen molar-refractivity contribution in [3.63, 3.8) is 0 Å². The number of carbonyl (C=O) groups is 1. The van der Waals surface area contributed by atoms with E-state index in [4.69, 9.17) is 9.90 Å². The zero-order valence-corrected chi connectivity index (χ0v) is 20.1. The lowest BCUT2D eigenvalue weighted by Crippen LogP contribution is -2.21. The normalized spacial score (nSPS) is 11.0. The fourth-order valence-electron chi connectivity index (χ4n) is 3.40. The van der Waals surface area contributed by atoms with Gasteiger partial charge in [-0.25, -0.2) is 29.4 Å². The van der Waals surface area contributed by atoms with Crippen LogP contribution in [0.5, 0.6) is 0 Å². The summed E-state index contributed by atoms with van der Waals surface area (Å²) in [6.45, 7) is 3.82. The van der Waals surface area contributed by atoms with Crippen LogP contribution in [0.2, 0.25) is 0 Å². The SMILES string of the molecule is Cc1nc(C)n(-c2ccc(Nc3nccc(-c4cccc(-n5ccnc5)c4)n3)cc2)n1.O=C(O)C(F)(F)F. The van der Waals surface area contributed by atoms with Crippen molar-refractivity contribution in [2.75, 3.05) is 5.32 Å². The summed E-state index contributed by atoms with van der Waals surface area (Å²) in [5, 5.41) is 14.8. The van der Waals surface area contributed by atoms with Crippen LogP contribution in [-0.4, -0.2) is 51.5 Å². The van der Waals surface area contributed by atoms with Crippen molar-refractivity contribution in [1.82, 2.24) is 34.3 Å². The van der Waals surface area contributed by atoms with Crippen LogP contribution in [0.1, 0.15) is 11.6 Å². The number of nitrogens with one attached hydrogen (secondary N) is 1. The van der Waals surface area contributed by atoms with Gasteiger partial charge in [0.15, 0.2) is 0 Å². The maximum atomic E-state index is 10.6. The molecule has 0 unspecified atom stereocenters. The van der Waals surface area contributed by atoms with Crippen molar-refractivity contribution in [2.24, 2.45) is 0 Å². The number of hydrogen-bond acceptors (Lipinski definition) is 7. The van der Waals surface area contributed by atoms with Crippen LogP contribution in [0.15, 0.2) is 79.5 Å². The van der Waals surface area contributed by atoms with E-state index in [-0.39, 0.29) is 0 Å². The Balaban J connectivity index is 0.000000426. The number of anilines is 2. The molecule has 5 rings (SSSR count). The highest BCUT2D eigenvalue weighted by Gasteiger charge is 2.38. The van der Waals surface area contributed by atoms with E-state index in [1.165, 1.54) is 0 Å². The summed E-state index contributed by atoms with van der Waals surface area (Å²) in [6.07, 6.45) is 2.12. The summed E-state index contributed by atoms with van der Waals surface area (Å²) in [5.41, 5.74) is 4.71. The molecule has 194 valence electrons. The zero-order valence-electron chi connectivity index (χ0n) is 20.1. The molecule has 0 radical (unpaired) electrons. The molecule has 0 fully saturated rings. The number of aliphatic carboxylic acids is 1. The predicted molar refractivity (Wildman–Crippen MR) is 132 cm³/mol. The first kappa shape index (κ1) is 26.0. The topological polar surface area (TPSA) is 124 Å². The van der Waals surface area contributed by atoms with Gasteiger partial charge in [0, 0.05) is 35.5 Å². The molecule has 38 heavy (non-hydrogen) atoms. The van der Waals surface area contributed by atoms with E-state index >= 15 is 0 Å². The highest BCUT2D eigenvalue weighted by Crippen LogP contribution is 2.23. The highest BCUT2D eigenvalue weighted by atomic mass is 19.4. The van der Waals surface area contributed by atoms with Gasteiger partial charge in [-0.15, -0.1) is 0 Å². The van der Waals surface area contributed by atoms with E-state index in [2.05, 4.69) is 36.4 Å². The van der Waals surface area contributed by atoms with Gasteiger partial charge < -0.3 is 15.0 Å². The molecular weight excluding hydrogens is 501 g/mol. The summed E-state index contributed by atoms with van der Waals surface area (Å²) in [6, 6.07) is 18.0. The minimum Gasteiger partial charge on any atom is -0.475 e. The Morgan fingerprint density at radius 1 is 0.974 bits per heavy atom. The molecule has 0 aliphatic carbocycles. The number of aromatic nitrogens is 7. The molecule has 5 aromatic rings. The summed E-state index contributed by atoms with van der Waals surface area (Å²) in [7, 11) is 0. The minimum absolute atomic E-state index is 0.533. The molecule has 3 aromatic heterocycles. The summed E-state index contributed by atoms with van der Waals surface area (Å²) >= 11 is 0. The maximum absolute atomic E-state index is 10.6. The Kier molecular flexibility index (Phi) is 7.46. The van der Waals surface area contributed by atoms with Crippen LogP contribution in [0.25, 0.3) is 22.6 Å². The van der Waals surface area contributed by atoms with Crippen LogP contribution < -0.4 is 5.32 Å². The molecule has 0 aliphatic heterocycles. The van der Waals surface area contributed by atoms with Crippen LogP contribution >= 0.6 is 0 Å². The smallest absolute Gasteiger partial charge is 0.475 e. The average molecular weight is 522 g/mol. The van der Waals surface area contributed by atoms with Crippen molar-refractivity contribution in [2.45, 2.75) is 20.0 Å². The van der Waals surface area contributed by atoms with Gasteiger partial charge >= 0.3 is 12.1 Å². The lowest BCUT2D eigenvalue weighted by atomic mass is 10.1. The molecule has 2 N–H and O–H groups in total. The number of carboxylic acid groups (broad SMARTS) is 1. The van der Waals surface area contributed by atoms with E-state index in [9.17, 15) is 13.2 Å². The van der Waals surface area contributed by atoms with Crippen molar-refractivity contribution in [3.8, 4) is 22.6 Å². The number of rotatable bonds is 5. The van der Waals surface area contributed by atoms with Crippen molar-refractivity contribution < 1.29 is 23.1 Å². The predicted octanol–water partition coefficient (Wildman–Crippen LogP) is 4.90. The molecule has 0 saturated heterocycles. The molecule has 0 bridgehead atoms. The van der Waals surface area contributed by atoms with E-state index in [1.807, 2.05) is 77.8 Å². The van der Waals surface area contributed by atoms with Gasteiger partial charge in [0.05, 0.1) is 17.7 Å². The van der Waals surface area contributed by atoms with Crippen LogP contribution in [0.4, 0.5) is 24.8 Å². The monoisotopic (exact) mass is 522 g/mol. The first-order valence-corrected chi connectivity index (χ1v) is 11.1. The third-order valence-electron chi connectivity index (χ3n) is 5.09. The number of aryl methyl sites for hydroxylation is 2. The van der Waals surface area contributed by atoms with E-state index in [0.717, 1.165) is 40.0 Å². The first-order chi connectivity index (χ1) is 18.1. The van der Waals surface area contributed by atoms with Gasteiger partial charge in [-0.2, -0.15) is 18.3 Å². The van der Waals surface area contributed by atoms with E-state index < -0.39 is 12.1 Å². The quantitative estimate of drug-likeness (QED) is 0.334. The number of imidazole rings is 1. The fourth-order valence-corrected chi connectivity index (χ4v) is 3.40. The minimum atomic E-state index is -5.08. The van der Waals surface area contributed by atoms with Gasteiger partial charge in [0.2, 0.25) is 5.95 Å². The van der Waals surface area contributed by atoms with Gasteiger partial charge in [-0.3, -0.25) is 0 Å². The summed E-state index contributed by atoms with van der Waals surface area (Å²) < 4.78 is 35.5. The van der Waals surface area contributed by atoms with Crippen LogP contribution in [0, 0.1) is 13.8 Å². The molecule has 0 atom stereocenters. The Morgan fingerprint density at radius 2 is 1.71 bits per heavy atom. The Labute approximate surface area is 214 Å². The molecule has 13 heteroatoms. The lowest BCUT2D eigenvalue weighted by molar-refractivity contribution is -0.192. The van der Waals surface area contributed by atoms with Crippen molar-refractivity contribution in [3.05, 3.63) is 91.2 Å². The number of carboxylic acids is 1. The third kappa shape index (κ3) is 6.37. The Morgan fingerprint density at radius 3 is 2.32 bits per heavy atom. The Bertz CT molecular complexity index is 1530. The second-order valence-electron chi connectivity index (χ2n) is 7.88. The van der Waals surface area contributed by atoms with E-state index in [1.54, 1.807) is 18.7 Å². The molecule has 10 nitrogen and oxygen atoms in total. The standard InChI is InChI=1S/C23H20N8.C2HF3O2/c1-16-26-17(2)31(29-16)20-8-6-19(7-9-20)27-23-25-11-10-22(28-23)18-4-3-5-21(14-18)30-13-12-24-15-30;3-2(4,5)1(6)7/h3-15H,1-2H3,(H,25,27,28);(H,6,7). The number of hydrogen-bond donors (Lipinski definition) is 2. The summed E-state index contributed by atoms with van der Waals surface area (Å²) in [5.74, 6) is -0.618. The van der Waals surface area contributed by atoms with Gasteiger partial charge in [0.25, 0.3) is 0 Å². The Hall–Kier alpha value is -5.07. The maximum Gasteiger partial charge on any atom is 0.490 e. The number of nitrogens with zero attached hydrogens (tertiary/aromatic N) is 7. The van der Waals surface area contributed by atoms with Crippen LogP contribution in [-0.2, 0) is 4.79 Å². The second kappa shape index (κ2) is 10.9. The molecule has 0 saturated carbocycles. The van der Waals surface area contributed by atoms with Crippen molar-refractivity contribution >= 4 is 17.6 Å². The van der Waals surface area contributed by atoms with Gasteiger partial charge in [-0.05, 0) is 56.3 Å². The number of benzene rings is 2. The number of halogens is 3. The third-order valence-corrected chi connectivity index (χ3v) is 5.09. The molecule has 0 aliphatic rings. The lowest BCUT2D eigenvalue weighted by Gasteiger charge is -2.09. The highest BCUT2D eigenvalue weighted by molar-refractivity contribution is 5.73. The molecule has 0 spiro atoms. The average Bonchev–Trinajstić information content (AvgIpc) is 3.54. The van der Waals surface area contributed by atoms with Crippen LogP contribution in [0.3, 0.4) is 0 Å². The zero-order chi connectivity index (χ0) is 27.3. The first-order valence-electron chi connectivity index (χ1n) is 11.1. The van der Waals surface area contributed by atoms with E-state index in [0.29, 0.717) is 5.95 Å². The summed E-state index contributed by atoms with van der Waals surface area (Å²) in [4.78, 5) is 26.4. The fraction of sp³-hybridized carbons (Fsp3) is 0.120. The molecular formula is C25H21F3N8O2. The van der Waals surface area contributed by atoms with Crippen molar-refractivity contribution in [1.29, 1.82) is 0 Å². The second-order valence-corrected chi connectivity index (χ2v) is 7.88.